The number of aliphatic hydroxyl groups excluding tert-OH is 1. The highest BCUT2D eigenvalue weighted by Crippen LogP contribution is 2.21. The first-order valence-corrected chi connectivity index (χ1v) is 7.94. The molecule has 1 amide bonds. The molecule has 0 radical (unpaired) electrons. The maximum atomic E-state index is 13.5. The van der Waals surface area contributed by atoms with Gasteiger partial charge in [0.05, 0.1) is 11.9 Å². The van der Waals surface area contributed by atoms with Gasteiger partial charge in [0, 0.05) is 17.0 Å². The molecule has 0 fully saturated rings. The van der Waals surface area contributed by atoms with Gasteiger partial charge < -0.3 is 10.4 Å². The molecule has 22 heavy (non-hydrogen) atoms. The number of carbonyl (C=O) groups is 1. The number of halogens is 1. The monoisotopic (exact) mass is 319 g/mol. The first-order valence-electron chi connectivity index (χ1n) is 6.95. The van der Waals surface area contributed by atoms with Crippen LogP contribution < -0.4 is 5.32 Å². The summed E-state index contributed by atoms with van der Waals surface area (Å²) in [7, 11) is 0. The Morgan fingerprint density at radius 3 is 2.64 bits per heavy atom. The fourth-order valence-corrected chi connectivity index (χ4v) is 2.84. The molecule has 0 aliphatic heterocycles. The highest BCUT2D eigenvalue weighted by atomic mass is 32.2. The summed E-state index contributed by atoms with van der Waals surface area (Å²) >= 11 is 1.44. The molecule has 0 saturated heterocycles. The second kappa shape index (κ2) is 7.96. The predicted octanol–water partition coefficient (Wildman–Crippen LogP) is 3.08. The molecule has 1 unspecified atom stereocenters. The van der Waals surface area contributed by atoms with E-state index in [1.54, 1.807) is 12.1 Å². The zero-order valence-electron chi connectivity index (χ0n) is 12.3. The molecule has 0 spiro atoms. The number of amides is 1. The van der Waals surface area contributed by atoms with Crippen LogP contribution in [0.3, 0.4) is 0 Å². The maximum Gasteiger partial charge on any atom is 0.230 e. The van der Waals surface area contributed by atoms with Crippen molar-refractivity contribution in [2.24, 2.45) is 0 Å². The summed E-state index contributed by atoms with van der Waals surface area (Å²) in [6.07, 6.45) is -1.05. The summed E-state index contributed by atoms with van der Waals surface area (Å²) in [5, 5.41) is 12.5. The van der Waals surface area contributed by atoms with E-state index in [2.05, 4.69) is 5.32 Å². The van der Waals surface area contributed by atoms with Crippen molar-refractivity contribution < 1.29 is 14.3 Å². The molecular formula is C17H18FNO2S. The van der Waals surface area contributed by atoms with Crippen LogP contribution in [0, 0.1) is 12.7 Å². The average Bonchev–Trinajstić information content (AvgIpc) is 2.52. The minimum atomic E-state index is -1.05. The third kappa shape index (κ3) is 4.58. The van der Waals surface area contributed by atoms with Crippen LogP contribution in [-0.2, 0) is 4.79 Å². The fourth-order valence-electron chi connectivity index (χ4n) is 1.98. The zero-order chi connectivity index (χ0) is 15.9. The van der Waals surface area contributed by atoms with Crippen LogP contribution in [0.1, 0.15) is 17.2 Å². The molecular weight excluding hydrogens is 301 g/mol. The zero-order valence-corrected chi connectivity index (χ0v) is 13.1. The lowest BCUT2D eigenvalue weighted by Crippen LogP contribution is -2.30. The van der Waals surface area contributed by atoms with Crippen LogP contribution in [0.25, 0.3) is 0 Å². The Hall–Kier alpha value is -1.85. The van der Waals surface area contributed by atoms with Crippen molar-refractivity contribution in [1.82, 2.24) is 5.32 Å². The van der Waals surface area contributed by atoms with Gasteiger partial charge in [-0.25, -0.2) is 4.39 Å². The first kappa shape index (κ1) is 16.5. The highest BCUT2D eigenvalue weighted by molar-refractivity contribution is 8.00. The standard InChI is InChI=1S/C17H18FNO2S/c1-12-6-2-5-9-16(12)22-11-17(21)19-10-15(20)13-7-3-4-8-14(13)18/h2-9,15,20H,10-11H2,1H3,(H,19,21). The minimum absolute atomic E-state index is 0.00585. The minimum Gasteiger partial charge on any atom is -0.386 e. The van der Waals surface area contributed by atoms with E-state index in [9.17, 15) is 14.3 Å². The van der Waals surface area contributed by atoms with Crippen LogP contribution in [0.5, 0.6) is 0 Å². The fraction of sp³-hybridized carbons (Fsp3) is 0.235. The van der Waals surface area contributed by atoms with Crippen molar-refractivity contribution in [2.45, 2.75) is 17.9 Å². The summed E-state index contributed by atoms with van der Waals surface area (Å²) in [6, 6.07) is 13.8. The van der Waals surface area contributed by atoms with Gasteiger partial charge in [0.1, 0.15) is 5.82 Å². The lowest BCUT2D eigenvalue weighted by molar-refractivity contribution is -0.119. The van der Waals surface area contributed by atoms with Gasteiger partial charge in [0.2, 0.25) is 5.91 Å². The summed E-state index contributed by atoms with van der Waals surface area (Å²) in [6.45, 7) is 1.98. The molecule has 1 atom stereocenters. The summed E-state index contributed by atoms with van der Waals surface area (Å²) in [5.74, 6) is -0.406. The van der Waals surface area contributed by atoms with Crippen molar-refractivity contribution in [3.8, 4) is 0 Å². The molecule has 0 aliphatic carbocycles. The normalized spacial score (nSPS) is 12.0. The van der Waals surface area contributed by atoms with Crippen LogP contribution in [0.15, 0.2) is 53.4 Å². The van der Waals surface area contributed by atoms with Crippen LogP contribution in [-0.4, -0.2) is 23.3 Å². The molecule has 2 aromatic rings. The predicted molar refractivity (Wildman–Crippen MR) is 86.3 cm³/mol. The van der Waals surface area contributed by atoms with E-state index in [1.165, 1.54) is 23.9 Å². The average molecular weight is 319 g/mol. The Morgan fingerprint density at radius 2 is 1.91 bits per heavy atom. The summed E-state index contributed by atoms with van der Waals surface area (Å²) < 4.78 is 13.5. The van der Waals surface area contributed by atoms with Crippen molar-refractivity contribution in [1.29, 1.82) is 0 Å². The van der Waals surface area contributed by atoms with E-state index in [-0.39, 0.29) is 23.8 Å². The maximum absolute atomic E-state index is 13.5. The number of hydrogen-bond acceptors (Lipinski definition) is 3. The van der Waals surface area contributed by atoms with E-state index in [4.69, 9.17) is 0 Å². The van der Waals surface area contributed by atoms with Gasteiger partial charge in [-0.3, -0.25) is 4.79 Å². The molecule has 0 aliphatic rings. The molecule has 2 rings (SSSR count). The largest absolute Gasteiger partial charge is 0.386 e. The number of hydrogen-bond donors (Lipinski definition) is 2. The van der Waals surface area contributed by atoms with Crippen LogP contribution in [0.4, 0.5) is 4.39 Å². The van der Waals surface area contributed by atoms with Gasteiger partial charge >= 0.3 is 0 Å². The van der Waals surface area contributed by atoms with E-state index in [0.717, 1.165) is 10.5 Å². The molecule has 116 valence electrons. The third-order valence-corrected chi connectivity index (χ3v) is 4.38. The van der Waals surface area contributed by atoms with Gasteiger partial charge in [-0.05, 0) is 24.6 Å². The van der Waals surface area contributed by atoms with E-state index in [0.29, 0.717) is 0 Å². The number of thioether (sulfide) groups is 1. The Labute approximate surface area is 133 Å². The number of rotatable bonds is 6. The second-order valence-electron chi connectivity index (χ2n) is 4.90. The molecule has 3 nitrogen and oxygen atoms in total. The number of benzene rings is 2. The Morgan fingerprint density at radius 1 is 1.23 bits per heavy atom. The molecule has 2 N–H and O–H groups in total. The van der Waals surface area contributed by atoms with Gasteiger partial charge in [0.15, 0.2) is 0 Å². The molecule has 2 aromatic carbocycles. The molecule has 0 bridgehead atoms. The van der Waals surface area contributed by atoms with Gasteiger partial charge in [-0.2, -0.15) is 0 Å². The Balaban J connectivity index is 1.81. The summed E-state index contributed by atoms with van der Waals surface area (Å²) in [5.41, 5.74) is 1.31. The Bertz CT molecular complexity index is 648. The number of carbonyl (C=O) groups excluding carboxylic acids is 1. The SMILES string of the molecule is Cc1ccccc1SCC(=O)NCC(O)c1ccccc1F. The second-order valence-corrected chi connectivity index (χ2v) is 5.91. The topological polar surface area (TPSA) is 49.3 Å². The van der Waals surface area contributed by atoms with E-state index < -0.39 is 11.9 Å². The van der Waals surface area contributed by atoms with Gasteiger partial charge in [-0.15, -0.1) is 11.8 Å². The quantitative estimate of drug-likeness (QED) is 0.805. The van der Waals surface area contributed by atoms with Crippen molar-refractivity contribution >= 4 is 17.7 Å². The molecule has 0 aromatic heterocycles. The molecule has 0 heterocycles. The van der Waals surface area contributed by atoms with E-state index in [1.807, 2.05) is 31.2 Å². The van der Waals surface area contributed by atoms with Gasteiger partial charge in [-0.1, -0.05) is 36.4 Å². The number of aliphatic hydroxyl groups is 1. The van der Waals surface area contributed by atoms with Crippen molar-refractivity contribution in [2.75, 3.05) is 12.3 Å². The lowest BCUT2D eigenvalue weighted by atomic mass is 10.1. The van der Waals surface area contributed by atoms with Crippen LogP contribution in [0.2, 0.25) is 0 Å². The van der Waals surface area contributed by atoms with E-state index >= 15 is 0 Å². The number of nitrogens with one attached hydrogen (secondary N) is 1. The smallest absolute Gasteiger partial charge is 0.230 e. The molecule has 0 saturated carbocycles. The van der Waals surface area contributed by atoms with Crippen molar-refractivity contribution in [3.63, 3.8) is 0 Å². The Kier molecular flexibility index (Phi) is 5.98. The number of aryl methyl sites for hydroxylation is 1. The third-order valence-electron chi connectivity index (χ3n) is 3.21. The first-order chi connectivity index (χ1) is 10.6. The van der Waals surface area contributed by atoms with Crippen molar-refractivity contribution in [3.05, 3.63) is 65.5 Å². The highest BCUT2D eigenvalue weighted by Gasteiger charge is 2.13. The molecule has 5 heteroatoms. The lowest BCUT2D eigenvalue weighted by Gasteiger charge is -2.13. The van der Waals surface area contributed by atoms with Gasteiger partial charge in [0.25, 0.3) is 0 Å². The van der Waals surface area contributed by atoms with Crippen LogP contribution >= 0.6 is 11.8 Å². The summed E-state index contributed by atoms with van der Waals surface area (Å²) in [4.78, 5) is 12.9.